The van der Waals surface area contributed by atoms with Gasteiger partial charge in [-0.05, 0) is 88.6 Å². The Kier molecular flexibility index (Phi) is 6.48. The van der Waals surface area contributed by atoms with Crippen molar-refractivity contribution in [3.8, 4) is 0 Å². The lowest BCUT2D eigenvalue weighted by Crippen LogP contribution is -2.78. The molecule has 4 aliphatic carbocycles. The van der Waals surface area contributed by atoms with Crippen LogP contribution in [0.1, 0.15) is 70.8 Å². The van der Waals surface area contributed by atoms with E-state index in [2.05, 4.69) is 5.32 Å². The highest BCUT2D eigenvalue weighted by Gasteiger charge is 2.75. The monoisotopic (exact) mass is 589 g/mol. The molecule has 10 heteroatoms. The van der Waals surface area contributed by atoms with E-state index >= 15 is 0 Å². The number of aliphatic imine (C=N–C) groups is 1. The first kappa shape index (κ1) is 27.8. The number of alkyl halides is 1. The number of sulfonamides is 1. The zero-order valence-electron chi connectivity index (χ0n) is 22.7. The molecular weight excluding hydrogens is 556 g/mol. The number of hydrogen-bond acceptors (Lipinski definition) is 5. The smallest absolute Gasteiger partial charge is 0.243 e. The summed E-state index contributed by atoms with van der Waals surface area (Å²) in [5, 5.41) is 3.44. The average molecular weight is 590 g/mol. The van der Waals surface area contributed by atoms with E-state index in [0.717, 1.165) is 12.3 Å². The van der Waals surface area contributed by atoms with Crippen molar-refractivity contribution in [1.29, 1.82) is 0 Å². The number of amidine groups is 1. The summed E-state index contributed by atoms with van der Waals surface area (Å²) >= 11 is 5.87. The van der Waals surface area contributed by atoms with Gasteiger partial charge in [-0.15, -0.1) is 0 Å². The van der Waals surface area contributed by atoms with Crippen LogP contribution in [0.15, 0.2) is 58.4 Å². The summed E-state index contributed by atoms with van der Waals surface area (Å²) in [6, 6.07) is 12.0. The molecule has 7 rings (SSSR count). The second-order valence-electron chi connectivity index (χ2n) is 12.8. The molecule has 214 valence electrons. The molecule has 0 radical (unpaired) electrons. The highest BCUT2D eigenvalue weighted by molar-refractivity contribution is 7.89. The van der Waals surface area contributed by atoms with E-state index in [1.807, 2.05) is 13.8 Å². The van der Waals surface area contributed by atoms with E-state index in [4.69, 9.17) is 16.6 Å². The Morgan fingerprint density at radius 2 is 1.80 bits per heavy atom. The third-order valence-corrected chi connectivity index (χ3v) is 11.7. The molecule has 5 aliphatic rings. The van der Waals surface area contributed by atoms with Gasteiger partial charge in [0.05, 0.1) is 15.5 Å². The standard InChI is InChI=1S/C30H34ClF2N3O3S/c1-27(2)25(24(37)11-14-29(33)12-6-13-29)34-26(35-27)28-17-30(18-28,19-28)36(16-20-9-10-22(31)23(32)15-20)40(38,39)21-7-4-3-5-8-21/h3-5,7-10,15,25H,6,11-14,16-19H2,1-2H3,(H,34,35)/t25-,28?,30?/m0/s1. The summed E-state index contributed by atoms with van der Waals surface area (Å²) in [5.74, 6) is 0.0884. The molecule has 0 unspecified atom stereocenters. The summed E-state index contributed by atoms with van der Waals surface area (Å²) in [6.45, 7) is 3.88. The molecule has 0 aromatic heterocycles. The quantitative estimate of drug-likeness (QED) is 0.370. The fourth-order valence-corrected chi connectivity index (χ4v) is 8.91. The predicted octanol–water partition coefficient (Wildman–Crippen LogP) is 5.98. The average Bonchev–Trinajstić information content (AvgIpc) is 3.16. The summed E-state index contributed by atoms with van der Waals surface area (Å²) in [5.41, 5.74) is -2.27. The number of halogens is 3. The van der Waals surface area contributed by atoms with E-state index in [1.54, 1.807) is 36.4 Å². The topological polar surface area (TPSA) is 78.8 Å². The number of carbonyl (C=O) groups is 1. The molecule has 2 aromatic carbocycles. The maximum Gasteiger partial charge on any atom is 0.243 e. The van der Waals surface area contributed by atoms with Crippen LogP contribution >= 0.6 is 11.6 Å². The normalized spacial score (nSPS) is 29.6. The van der Waals surface area contributed by atoms with Gasteiger partial charge in [-0.1, -0.05) is 35.9 Å². The first-order valence-electron chi connectivity index (χ1n) is 13.9. The van der Waals surface area contributed by atoms with Crippen LogP contribution in [0, 0.1) is 11.2 Å². The Bertz CT molecular complexity index is 1470. The van der Waals surface area contributed by atoms with Crippen LogP contribution in [-0.4, -0.2) is 47.1 Å². The zero-order valence-corrected chi connectivity index (χ0v) is 24.3. The number of benzene rings is 2. The Morgan fingerprint density at radius 3 is 2.40 bits per heavy atom. The molecule has 2 aromatic rings. The van der Waals surface area contributed by atoms with E-state index in [-0.39, 0.29) is 40.5 Å². The molecule has 0 spiro atoms. The molecular formula is C30H34ClF2N3O3S. The van der Waals surface area contributed by atoms with Gasteiger partial charge in [-0.3, -0.25) is 9.79 Å². The number of Topliss-reactive ketones (excluding diaryl/α,β-unsaturated/α-hetero) is 1. The van der Waals surface area contributed by atoms with Gasteiger partial charge in [0.2, 0.25) is 10.0 Å². The maximum absolute atomic E-state index is 14.5. The minimum atomic E-state index is -3.89. The van der Waals surface area contributed by atoms with Gasteiger partial charge in [-0.25, -0.2) is 17.2 Å². The van der Waals surface area contributed by atoms with Crippen LogP contribution in [0.3, 0.4) is 0 Å². The van der Waals surface area contributed by atoms with E-state index in [1.165, 1.54) is 16.4 Å². The molecule has 4 saturated carbocycles. The van der Waals surface area contributed by atoms with Gasteiger partial charge in [-0.2, -0.15) is 4.31 Å². The van der Waals surface area contributed by atoms with Gasteiger partial charge >= 0.3 is 0 Å². The highest BCUT2D eigenvalue weighted by Crippen LogP contribution is 2.71. The van der Waals surface area contributed by atoms with Crippen molar-refractivity contribution in [1.82, 2.24) is 9.62 Å². The predicted molar refractivity (Wildman–Crippen MR) is 150 cm³/mol. The summed E-state index contributed by atoms with van der Waals surface area (Å²) in [6.07, 6.45) is 4.00. The minimum Gasteiger partial charge on any atom is -0.366 e. The molecule has 1 N–H and O–H groups in total. The molecule has 0 saturated heterocycles. The molecule has 0 amide bonds. The lowest BCUT2D eigenvalue weighted by Gasteiger charge is -2.73. The molecule has 40 heavy (non-hydrogen) atoms. The number of nitrogens with zero attached hydrogens (tertiary/aromatic N) is 2. The Balaban J connectivity index is 1.23. The second-order valence-corrected chi connectivity index (χ2v) is 15.1. The minimum absolute atomic E-state index is 0.0128. The van der Waals surface area contributed by atoms with Crippen molar-refractivity contribution in [3.63, 3.8) is 0 Å². The fraction of sp³-hybridized carbons (Fsp3) is 0.533. The Hall–Kier alpha value is -2.36. The summed E-state index contributed by atoms with van der Waals surface area (Å²) in [4.78, 5) is 18.1. The third-order valence-electron chi connectivity index (χ3n) is 9.43. The molecule has 2 bridgehead atoms. The third kappa shape index (κ3) is 4.49. The number of nitrogens with one attached hydrogen (secondary N) is 1. The first-order valence-corrected chi connectivity index (χ1v) is 15.7. The van der Waals surface area contributed by atoms with Crippen LogP contribution < -0.4 is 5.32 Å². The van der Waals surface area contributed by atoms with Gasteiger partial charge in [0.1, 0.15) is 23.4 Å². The van der Waals surface area contributed by atoms with E-state index < -0.39 is 38.6 Å². The zero-order chi connectivity index (χ0) is 28.6. The van der Waals surface area contributed by atoms with E-state index in [9.17, 15) is 22.0 Å². The number of rotatable bonds is 10. The molecule has 1 heterocycles. The first-order chi connectivity index (χ1) is 18.8. The molecule has 6 nitrogen and oxygen atoms in total. The lowest BCUT2D eigenvalue weighted by molar-refractivity contribution is -0.151. The summed E-state index contributed by atoms with van der Waals surface area (Å²) in [7, 11) is -3.89. The van der Waals surface area contributed by atoms with Crippen LogP contribution in [0.2, 0.25) is 5.02 Å². The SMILES string of the molecule is CC1(C)NC(C23CC(N(Cc4ccc(Cl)c(F)c4)S(=O)(=O)c4ccccc4)(C2)C3)=N[C@H]1C(=O)CCC1(F)CCC1. The molecule has 1 atom stereocenters. The van der Waals surface area contributed by atoms with Crippen molar-refractivity contribution in [2.45, 2.75) is 99.4 Å². The lowest BCUT2D eigenvalue weighted by atomic mass is 9.38. The van der Waals surface area contributed by atoms with Crippen molar-refractivity contribution in [2.75, 3.05) is 0 Å². The number of hydrogen-bond donors (Lipinski definition) is 1. The van der Waals surface area contributed by atoms with Crippen molar-refractivity contribution < 1.29 is 22.0 Å². The fourth-order valence-electron chi connectivity index (χ4n) is 7.02. The van der Waals surface area contributed by atoms with Crippen molar-refractivity contribution in [2.24, 2.45) is 10.4 Å². The Labute approximate surface area is 239 Å². The maximum atomic E-state index is 14.5. The highest BCUT2D eigenvalue weighted by atomic mass is 35.5. The van der Waals surface area contributed by atoms with Crippen LogP contribution in [0.25, 0.3) is 0 Å². The van der Waals surface area contributed by atoms with E-state index in [0.29, 0.717) is 37.7 Å². The van der Waals surface area contributed by atoms with Gasteiger partial charge < -0.3 is 5.32 Å². The van der Waals surface area contributed by atoms with Crippen LogP contribution in [0.4, 0.5) is 8.78 Å². The molecule has 4 fully saturated rings. The number of carbonyl (C=O) groups excluding carboxylic acids is 1. The van der Waals surface area contributed by atoms with Crippen molar-refractivity contribution in [3.05, 3.63) is 64.9 Å². The summed E-state index contributed by atoms with van der Waals surface area (Å²) < 4.78 is 58.1. The van der Waals surface area contributed by atoms with Gasteiger partial charge in [0.25, 0.3) is 0 Å². The van der Waals surface area contributed by atoms with Crippen LogP contribution in [-0.2, 0) is 21.4 Å². The molecule has 1 aliphatic heterocycles. The second kappa shape index (κ2) is 9.33. The largest absolute Gasteiger partial charge is 0.366 e. The Morgan fingerprint density at radius 1 is 1.12 bits per heavy atom. The number of ketones is 1. The van der Waals surface area contributed by atoms with Gasteiger partial charge in [0, 0.05) is 23.9 Å². The van der Waals surface area contributed by atoms with Crippen molar-refractivity contribution >= 4 is 33.2 Å². The van der Waals surface area contributed by atoms with Gasteiger partial charge in [0.15, 0.2) is 5.78 Å². The van der Waals surface area contributed by atoms with Crippen LogP contribution in [0.5, 0.6) is 0 Å².